The smallest absolute Gasteiger partial charge is 0.341 e. The van der Waals surface area contributed by atoms with Crippen molar-refractivity contribution in [2.24, 2.45) is 5.92 Å². The molecule has 1 unspecified atom stereocenters. The number of ether oxygens (including phenoxy) is 1. The largest absolute Gasteiger partial charge is 0.462 e. The van der Waals surface area contributed by atoms with Gasteiger partial charge in [-0.25, -0.2) is 9.59 Å². The van der Waals surface area contributed by atoms with Crippen LogP contribution in [-0.2, 0) is 20.7 Å². The van der Waals surface area contributed by atoms with Crippen molar-refractivity contribution in [1.29, 1.82) is 0 Å². The molecule has 0 aliphatic carbocycles. The van der Waals surface area contributed by atoms with Gasteiger partial charge in [-0.3, -0.25) is 14.5 Å². The van der Waals surface area contributed by atoms with E-state index in [1.165, 1.54) is 11.3 Å². The van der Waals surface area contributed by atoms with E-state index in [2.05, 4.69) is 10.6 Å². The quantitative estimate of drug-likeness (QED) is 0.500. The zero-order valence-electron chi connectivity index (χ0n) is 16.7. The van der Waals surface area contributed by atoms with Crippen molar-refractivity contribution in [1.82, 2.24) is 10.2 Å². The van der Waals surface area contributed by atoms with Crippen molar-refractivity contribution < 1.29 is 23.9 Å². The first-order valence-electron chi connectivity index (χ1n) is 9.56. The van der Waals surface area contributed by atoms with Crippen LogP contribution >= 0.6 is 23.1 Å². The number of thioether (sulfide) groups is 1. The summed E-state index contributed by atoms with van der Waals surface area (Å²) in [5.74, 6) is 0.263. The lowest BCUT2D eigenvalue weighted by Gasteiger charge is -2.19. The Kier molecular flexibility index (Phi) is 6.52. The number of urea groups is 1. The summed E-state index contributed by atoms with van der Waals surface area (Å²) in [5, 5.41) is 7.64. The summed E-state index contributed by atoms with van der Waals surface area (Å²) in [6, 6.07) is -0.551. The fourth-order valence-corrected chi connectivity index (χ4v) is 5.77. The summed E-state index contributed by atoms with van der Waals surface area (Å²) in [6.45, 7) is 5.64. The van der Waals surface area contributed by atoms with Gasteiger partial charge in [0, 0.05) is 5.75 Å². The molecule has 2 fully saturated rings. The second-order valence-corrected chi connectivity index (χ2v) is 9.52. The summed E-state index contributed by atoms with van der Waals surface area (Å²) < 4.78 is 5.15. The molecule has 1 atom stereocenters. The maximum absolute atomic E-state index is 12.7. The predicted octanol–water partition coefficient (Wildman–Crippen LogP) is 2.49. The van der Waals surface area contributed by atoms with Gasteiger partial charge < -0.3 is 15.4 Å². The number of nitrogens with one attached hydrogen (secondary N) is 2. The number of imide groups is 1. The van der Waals surface area contributed by atoms with Crippen LogP contribution in [0.15, 0.2) is 5.38 Å². The van der Waals surface area contributed by atoms with Gasteiger partial charge in [-0.2, -0.15) is 11.8 Å². The Labute approximate surface area is 177 Å². The highest BCUT2D eigenvalue weighted by molar-refractivity contribution is 7.99. The van der Waals surface area contributed by atoms with Crippen LogP contribution in [0.2, 0.25) is 0 Å². The average Bonchev–Trinajstić information content (AvgIpc) is 3.31. The molecule has 10 heteroatoms. The van der Waals surface area contributed by atoms with E-state index < -0.39 is 30.0 Å². The van der Waals surface area contributed by atoms with Crippen LogP contribution in [0.5, 0.6) is 0 Å². The van der Waals surface area contributed by atoms with Crippen LogP contribution in [0.1, 0.15) is 43.1 Å². The molecule has 3 rings (SSSR count). The molecule has 158 valence electrons. The third kappa shape index (κ3) is 4.42. The molecule has 8 nitrogen and oxygen atoms in total. The third-order valence-electron chi connectivity index (χ3n) is 4.80. The van der Waals surface area contributed by atoms with Gasteiger partial charge in [-0.1, -0.05) is 13.8 Å². The van der Waals surface area contributed by atoms with E-state index in [0.717, 1.165) is 16.2 Å². The van der Waals surface area contributed by atoms with Gasteiger partial charge in [-0.05, 0) is 42.4 Å². The predicted molar refractivity (Wildman–Crippen MR) is 112 cm³/mol. The van der Waals surface area contributed by atoms with Crippen molar-refractivity contribution in [3.05, 3.63) is 16.5 Å². The van der Waals surface area contributed by atoms with Gasteiger partial charge in [0.05, 0.1) is 12.2 Å². The zero-order valence-corrected chi connectivity index (χ0v) is 18.3. The van der Waals surface area contributed by atoms with Gasteiger partial charge in [-0.15, -0.1) is 11.3 Å². The molecule has 4 amide bonds. The van der Waals surface area contributed by atoms with Gasteiger partial charge in [0.15, 0.2) is 0 Å². The first kappa shape index (κ1) is 21.6. The first-order chi connectivity index (χ1) is 13.8. The van der Waals surface area contributed by atoms with E-state index in [1.54, 1.807) is 18.7 Å². The highest BCUT2D eigenvalue weighted by Gasteiger charge is 2.53. The molecular weight excluding hydrogens is 414 g/mol. The molecule has 0 bridgehead atoms. The summed E-state index contributed by atoms with van der Waals surface area (Å²) in [4.78, 5) is 50.9. The van der Waals surface area contributed by atoms with E-state index in [-0.39, 0.29) is 12.5 Å². The van der Waals surface area contributed by atoms with E-state index in [1.807, 2.05) is 19.2 Å². The van der Waals surface area contributed by atoms with Crippen molar-refractivity contribution in [2.45, 2.75) is 39.2 Å². The molecule has 1 aromatic rings. The summed E-state index contributed by atoms with van der Waals surface area (Å²) in [7, 11) is 0. The van der Waals surface area contributed by atoms with Crippen LogP contribution < -0.4 is 10.6 Å². The summed E-state index contributed by atoms with van der Waals surface area (Å²) in [5.41, 5.74) is 0.279. The summed E-state index contributed by atoms with van der Waals surface area (Å²) in [6.07, 6.45) is 1.24. The zero-order chi connectivity index (χ0) is 21.2. The minimum atomic E-state index is -0.883. The molecule has 0 saturated carbocycles. The number of amides is 4. The summed E-state index contributed by atoms with van der Waals surface area (Å²) >= 11 is 2.84. The van der Waals surface area contributed by atoms with E-state index in [0.29, 0.717) is 35.1 Å². The normalized spacial score (nSPS) is 21.2. The monoisotopic (exact) mass is 439 g/mol. The Morgan fingerprint density at radius 3 is 2.76 bits per heavy atom. The average molecular weight is 440 g/mol. The molecule has 1 aromatic heterocycles. The van der Waals surface area contributed by atoms with Crippen molar-refractivity contribution in [3.63, 3.8) is 0 Å². The number of hydrogen-bond acceptors (Lipinski definition) is 7. The third-order valence-corrected chi connectivity index (χ3v) is 6.93. The SMILES string of the molecule is CCOC(=O)c1c(CC(C)C)csc1NC(=O)CN1C(=O)NC2(CCSC2)C1=O. The molecule has 2 aliphatic heterocycles. The molecule has 2 saturated heterocycles. The van der Waals surface area contributed by atoms with Crippen molar-refractivity contribution >= 4 is 51.9 Å². The molecule has 29 heavy (non-hydrogen) atoms. The standard InChI is InChI=1S/C19H25N3O5S2/c1-4-27-16(24)14-12(7-11(2)3)9-29-15(14)20-13(23)8-22-17(25)19(21-18(22)26)5-6-28-10-19/h9,11H,4-8,10H2,1-3H3,(H,20,23)(H,21,26). The van der Waals surface area contributed by atoms with E-state index >= 15 is 0 Å². The second kappa shape index (κ2) is 8.74. The van der Waals surface area contributed by atoms with Gasteiger partial charge in [0.2, 0.25) is 5.91 Å². The molecule has 1 spiro atoms. The highest BCUT2D eigenvalue weighted by atomic mass is 32.2. The Morgan fingerprint density at radius 1 is 1.38 bits per heavy atom. The van der Waals surface area contributed by atoms with Gasteiger partial charge in [0.25, 0.3) is 5.91 Å². The number of carbonyl (C=O) groups excluding carboxylic acids is 4. The molecular formula is C19H25N3O5S2. The Balaban J connectivity index is 1.73. The first-order valence-corrected chi connectivity index (χ1v) is 11.6. The number of esters is 1. The van der Waals surface area contributed by atoms with E-state index in [9.17, 15) is 19.2 Å². The number of rotatable bonds is 7. The molecule has 2 aliphatic rings. The molecule has 3 heterocycles. The lowest BCUT2D eigenvalue weighted by molar-refractivity contribution is -0.133. The van der Waals surface area contributed by atoms with Crippen molar-refractivity contribution in [2.75, 3.05) is 30.0 Å². The van der Waals surface area contributed by atoms with Crippen LogP contribution in [0.4, 0.5) is 9.80 Å². The number of anilines is 1. The second-order valence-electron chi connectivity index (χ2n) is 7.54. The number of nitrogens with zero attached hydrogens (tertiary/aromatic N) is 1. The minimum Gasteiger partial charge on any atom is -0.462 e. The number of thiophene rings is 1. The lowest BCUT2D eigenvalue weighted by Crippen LogP contribution is -2.47. The van der Waals surface area contributed by atoms with Crippen LogP contribution in [0, 0.1) is 5.92 Å². The number of hydrogen-bond donors (Lipinski definition) is 2. The topological polar surface area (TPSA) is 105 Å². The minimum absolute atomic E-state index is 0.228. The Hall–Kier alpha value is -2.07. The highest BCUT2D eigenvalue weighted by Crippen LogP contribution is 2.34. The fraction of sp³-hybridized carbons (Fsp3) is 0.579. The molecule has 0 aromatic carbocycles. The van der Waals surface area contributed by atoms with E-state index in [4.69, 9.17) is 4.74 Å². The Morgan fingerprint density at radius 2 is 2.14 bits per heavy atom. The lowest BCUT2D eigenvalue weighted by atomic mass is 9.99. The fourth-order valence-electron chi connectivity index (χ4n) is 3.46. The maximum atomic E-state index is 12.7. The van der Waals surface area contributed by atoms with Gasteiger partial charge >= 0.3 is 12.0 Å². The van der Waals surface area contributed by atoms with Crippen LogP contribution in [0.3, 0.4) is 0 Å². The molecule has 0 radical (unpaired) electrons. The Bertz CT molecular complexity index is 830. The van der Waals surface area contributed by atoms with Crippen molar-refractivity contribution in [3.8, 4) is 0 Å². The number of carbonyl (C=O) groups is 4. The van der Waals surface area contributed by atoms with Crippen LogP contribution in [-0.4, -0.2) is 58.9 Å². The molecule has 2 N–H and O–H groups in total. The van der Waals surface area contributed by atoms with Gasteiger partial charge in [0.1, 0.15) is 17.1 Å². The maximum Gasteiger partial charge on any atom is 0.341 e. The van der Waals surface area contributed by atoms with Crippen LogP contribution in [0.25, 0.3) is 0 Å².